The molecule has 0 bridgehead atoms. The number of aryl methyl sites for hydroxylation is 2. The Kier molecular flexibility index (Phi) is 9.87. The topological polar surface area (TPSA) is 9.23 Å². The van der Waals surface area contributed by atoms with E-state index in [9.17, 15) is 8.78 Å². The largest absolute Gasteiger partial charge is 0.490 e. The van der Waals surface area contributed by atoms with Gasteiger partial charge < -0.3 is 4.74 Å². The Labute approximate surface area is 224 Å². The van der Waals surface area contributed by atoms with E-state index in [4.69, 9.17) is 4.74 Å². The van der Waals surface area contributed by atoms with Gasteiger partial charge >= 0.3 is 0 Å². The molecular weight excluding hydrogens is 488 g/mol. The van der Waals surface area contributed by atoms with Crippen molar-refractivity contribution in [2.45, 2.75) is 84.0 Å². The van der Waals surface area contributed by atoms with Crippen LogP contribution in [-0.2, 0) is 12.8 Å². The standard InChI is InChI=1S/C33H38F4O/c1-3-5-6-8-26-17-20-29(33(37)30(26)34)38-21-23-11-15-25(16-12-23)28-19-18-27(31(35)32(28)36)24-13-9-22(7-4-2)10-14-24/h9-10,13-14,17-20,23,25H,3-8,11-12,15-16,21H2,1-2H3. The van der Waals surface area contributed by atoms with E-state index in [1.54, 1.807) is 18.2 Å². The molecule has 38 heavy (non-hydrogen) atoms. The molecule has 3 aromatic carbocycles. The van der Waals surface area contributed by atoms with E-state index in [1.807, 2.05) is 24.3 Å². The second kappa shape index (κ2) is 13.3. The lowest BCUT2D eigenvalue weighted by atomic mass is 9.78. The Morgan fingerprint density at radius 3 is 2.11 bits per heavy atom. The van der Waals surface area contributed by atoms with Gasteiger partial charge in [0.15, 0.2) is 23.2 Å². The van der Waals surface area contributed by atoms with E-state index in [0.29, 0.717) is 36.0 Å². The highest BCUT2D eigenvalue weighted by molar-refractivity contribution is 5.65. The lowest BCUT2D eigenvalue weighted by Gasteiger charge is -2.29. The van der Waals surface area contributed by atoms with Crippen LogP contribution < -0.4 is 4.74 Å². The third-order valence-electron chi connectivity index (χ3n) is 7.85. The summed E-state index contributed by atoms with van der Waals surface area (Å²) < 4.78 is 64.8. The second-order valence-corrected chi connectivity index (χ2v) is 10.6. The minimum Gasteiger partial charge on any atom is -0.490 e. The van der Waals surface area contributed by atoms with Crippen molar-refractivity contribution >= 4 is 0 Å². The summed E-state index contributed by atoms with van der Waals surface area (Å²) in [7, 11) is 0. The highest BCUT2D eigenvalue weighted by Crippen LogP contribution is 2.39. The van der Waals surface area contributed by atoms with Crippen molar-refractivity contribution < 1.29 is 22.3 Å². The van der Waals surface area contributed by atoms with Gasteiger partial charge in [-0.05, 0) is 85.1 Å². The maximum Gasteiger partial charge on any atom is 0.200 e. The Bertz CT molecular complexity index is 1200. The summed E-state index contributed by atoms with van der Waals surface area (Å²) in [6.07, 6.45) is 8.25. The van der Waals surface area contributed by atoms with Crippen molar-refractivity contribution in [2.75, 3.05) is 6.61 Å². The number of benzene rings is 3. The first-order valence-corrected chi connectivity index (χ1v) is 14.1. The highest BCUT2D eigenvalue weighted by Gasteiger charge is 2.27. The molecule has 0 aromatic heterocycles. The van der Waals surface area contributed by atoms with Crippen LogP contribution in [0.1, 0.15) is 87.8 Å². The van der Waals surface area contributed by atoms with Gasteiger partial charge in [-0.15, -0.1) is 0 Å². The highest BCUT2D eigenvalue weighted by atomic mass is 19.2. The lowest BCUT2D eigenvalue weighted by molar-refractivity contribution is 0.191. The molecular formula is C33H38F4O. The van der Waals surface area contributed by atoms with Crippen LogP contribution in [0.3, 0.4) is 0 Å². The summed E-state index contributed by atoms with van der Waals surface area (Å²) in [6.45, 7) is 4.46. The first-order valence-electron chi connectivity index (χ1n) is 14.1. The third-order valence-corrected chi connectivity index (χ3v) is 7.85. The van der Waals surface area contributed by atoms with Crippen molar-refractivity contribution in [1.82, 2.24) is 0 Å². The van der Waals surface area contributed by atoms with Gasteiger partial charge in [0, 0.05) is 5.56 Å². The molecule has 4 rings (SSSR count). The maximum atomic E-state index is 15.1. The summed E-state index contributed by atoms with van der Waals surface area (Å²) in [5, 5.41) is 0. The predicted molar refractivity (Wildman–Crippen MR) is 146 cm³/mol. The van der Waals surface area contributed by atoms with E-state index >= 15 is 8.78 Å². The molecule has 204 valence electrons. The third kappa shape index (κ3) is 6.59. The number of halogens is 4. The molecule has 1 nitrogen and oxygen atoms in total. The number of ether oxygens (including phenoxy) is 1. The molecule has 0 N–H and O–H groups in total. The van der Waals surface area contributed by atoms with Gasteiger partial charge in [0.2, 0.25) is 5.82 Å². The van der Waals surface area contributed by atoms with Crippen molar-refractivity contribution in [3.8, 4) is 16.9 Å². The van der Waals surface area contributed by atoms with Gasteiger partial charge in [-0.25, -0.2) is 13.2 Å². The number of rotatable bonds is 11. The van der Waals surface area contributed by atoms with E-state index in [-0.39, 0.29) is 29.8 Å². The SMILES string of the molecule is CCCCCc1ccc(OCC2CCC(c3ccc(-c4ccc(CCC)cc4)c(F)c3F)CC2)c(F)c1F. The van der Waals surface area contributed by atoms with Crippen LogP contribution in [0.15, 0.2) is 48.5 Å². The van der Waals surface area contributed by atoms with Crippen molar-refractivity contribution in [3.05, 3.63) is 88.5 Å². The van der Waals surface area contributed by atoms with Crippen LogP contribution in [-0.4, -0.2) is 6.61 Å². The molecule has 1 aliphatic rings. The Morgan fingerprint density at radius 1 is 0.684 bits per heavy atom. The van der Waals surface area contributed by atoms with Gasteiger partial charge in [-0.3, -0.25) is 0 Å². The van der Waals surface area contributed by atoms with Crippen LogP contribution in [0.25, 0.3) is 11.1 Å². The van der Waals surface area contributed by atoms with Crippen molar-refractivity contribution in [3.63, 3.8) is 0 Å². The average molecular weight is 527 g/mol. The summed E-state index contributed by atoms with van der Waals surface area (Å²) in [5.41, 5.74) is 2.94. The number of hydrogen-bond donors (Lipinski definition) is 0. The van der Waals surface area contributed by atoms with Crippen molar-refractivity contribution in [1.29, 1.82) is 0 Å². The van der Waals surface area contributed by atoms with Gasteiger partial charge in [0.05, 0.1) is 6.61 Å². The van der Waals surface area contributed by atoms with Crippen LogP contribution in [0, 0.1) is 29.2 Å². The maximum absolute atomic E-state index is 15.1. The number of unbranched alkanes of at least 4 members (excludes halogenated alkanes) is 2. The molecule has 0 spiro atoms. The van der Waals surface area contributed by atoms with Gasteiger partial charge in [-0.1, -0.05) is 75.6 Å². The number of hydrogen-bond acceptors (Lipinski definition) is 1. The molecule has 0 unspecified atom stereocenters. The summed E-state index contributed by atoms with van der Waals surface area (Å²) in [5.74, 6) is -3.28. The monoisotopic (exact) mass is 526 g/mol. The Balaban J connectivity index is 1.33. The van der Waals surface area contributed by atoms with E-state index in [2.05, 4.69) is 13.8 Å². The van der Waals surface area contributed by atoms with Gasteiger partial charge in [0.1, 0.15) is 0 Å². The Hall–Kier alpha value is -2.82. The molecule has 0 heterocycles. The first-order chi connectivity index (χ1) is 18.4. The minimum atomic E-state index is -0.926. The van der Waals surface area contributed by atoms with E-state index in [0.717, 1.165) is 44.9 Å². The summed E-state index contributed by atoms with van der Waals surface area (Å²) >= 11 is 0. The fourth-order valence-electron chi connectivity index (χ4n) is 5.53. The zero-order valence-electron chi connectivity index (χ0n) is 22.5. The summed E-state index contributed by atoms with van der Waals surface area (Å²) in [6, 6.07) is 14.2. The molecule has 1 aliphatic carbocycles. The molecule has 1 saturated carbocycles. The van der Waals surface area contributed by atoms with Gasteiger partial charge in [0.25, 0.3) is 0 Å². The molecule has 1 fully saturated rings. The zero-order valence-corrected chi connectivity index (χ0v) is 22.5. The van der Waals surface area contributed by atoms with Crippen molar-refractivity contribution in [2.24, 2.45) is 5.92 Å². The summed E-state index contributed by atoms with van der Waals surface area (Å²) in [4.78, 5) is 0. The molecule has 0 saturated heterocycles. The van der Waals surface area contributed by atoms with Crippen LogP contribution >= 0.6 is 0 Å². The van der Waals surface area contributed by atoms with Crippen LogP contribution in [0.4, 0.5) is 17.6 Å². The first kappa shape index (κ1) is 28.2. The second-order valence-electron chi connectivity index (χ2n) is 10.6. The molecule has 0 amide bonds. The molecule has 3 aromatic rings. The molecule has 0 atom stereocenters. The zero-order chi connectivity index (χ0) is 27.1. The molecule has 0 radical (unpaired) electrons. The average Bonchev–Trinajstić information content (AvgIpc) is 2.93. The Morgan fingerprint density at radius 2 is 1.42 bits per heavy atom. The van der Waals surface area contributed by atoms with Crippen LogP contribution in [0.5, 0.6) is 5.75 Å². The van der Waals surface area contributed by atoms with Crippen LogP contribution in [0.2, 0.25) is 0 Å². The van der Waals surface area contributed by atoms with E-state index in [1.165, 1.54) is 11.6 Å². The smallest absolute Gasteiger partial charge is 0.200 e. The molecule has 5 heteroatoms. The molecule has 0 aliphatic heterocycles. The minimum absolute atomic E-state index is 0.0599. The normalized spacial score (nSPS) is 17.5. The van der Waals surface area contributed by atoms with Gasteiger partial charge in [-0.2, -0.15) is 4.39 Å². The van der Waals surface area contributed by atoms with E-state index < -0.39 is 23.3 Å². The quantitative estimate of drug-likeness (QED) is 0.178. The fraction of sp³-hybridized carbons (Fsp3) is 0.455. The fourth-order valence-corrected chi connectivity index (χ4v) is 5.53. The predicted octanol–water partition coefficient (Wildman–Crippen LogP) is 9.95. The lowest BCUT2D eigenvalue weighted by Crippen LogP contribution is -2.20.